The second-order valence-electron chi connectivity index (χ2n) is 4.49. The van der Waals surface area contributed by atoms with Crippen molar-refractivity contribution in [2.24, 2.45) is 5.11 Å². The van der Waals surface area contributed by atoms with Crippen LogP contribution in [0.25, 0.3) is 10.4 Å². The second kappa shape index (κ2) is 5.20. The number of azide groups is 1. The third-order valence-corrected chi connectivity index (χ3v) is 5.35. The predicted octanol–water partition coefficient (Wildman–Crippen LogP) is 1.75. The maximum atomic E-state index is 12.5. The van der Waals surface area contributed by atoms with Crippen LogP contribution in [0.15, 0.2) is 14.5 Å². The van der Waals surface area contributed by atoms with Crippen LogP contribution in [0, 0.1) is 13.8 Å². The molecule has 1 aromatic rings. The van der Waals surface area contributed by atoms with E-state index in [-0.39, 0.29) is 10.9 Å². The standard InChI is InChI=1S/C10H15N5O3S/c1-7-10(8(2)18-13-7)19(16,17)15-5-3-9(4-6-15)12-14-11/h9H,3-6H2,1-2H3. The fourth-order valence-electron chi connectivity index (χ4n) is 2.24. The molecule has 1 aromatic heterocycles. The Labute approximate surface area is 111 Å². The van der Waals surface area contributed by atoms with Crippen LogP contribution in [-0.4, -0.2) is 37.0 Å². The Kier molecular flexibility index (Phi) is 3.79. The maximum absolute atomic E-state index is 12.5. The summed E-state index contributed by atoms with van der Waals surface area (Å²) in [6, 6.07) is -0.124. The number of rotatable bonds is 3. The average molecular weight is 285 g/mol. The van der Waals surface area contributed by atoms with E-state index in [4.69, 9.17) is 10.1 Å². The van der Waals surface area contributed by atoms with Crippen molar-refractivity contribution >= 4 is 10.0 Å². The Hall–Kier alpha value is -1.57. The molecule has 0 bridgehead atoms. The van der Waals surface area contributed by atoms with Crippen molar-refractivity contribution in [1.82, 2.24) is 9.46 Å². The van der Waals surface area contributed by atoms with E-state index in [0.717, 1.165) is 0 Å². The average Bonchev–Trinajstić information content (AvgIpc) is 2.70. The van der Waals surface area contributed by atoms with Crippen LogP contribution in [0.1, 0.15) is 24.3 Å². The van der Waals surface area contributed by atoms with Crippen molar-refractivity contribution in [3.8, 4) is 0 Å². The van der Waals surface area contributed by atoms with Gasteiger partial charge in [-0.15, -0.1) is 0 Å². The first-order valence-corrected chi connectivity index (χ1v) is 7.38. The highest BCUT2D eigenvalue weighted by atomic mass is 32.2. The third kappa shape index (κ3) is 2.58. The van der Waals surface area contributed by atoms with Crippen molar-refractivity contribution in [1.29, 1.82) is 0 Å². The summed E-state index contributed by atoms with van der Waals surface area (Å²) in [5, 5.41) is 7.30. The summed E-state index contributed by atoms with van der Waals surface area (Å²) in [5.41, 5.74) is 8.74. The summed E-state index contributed by atoms with van der Waals surface area (Å²) in [6.45, 7) is 3.88. The number of hydrogen-bond acceptors (Lipinski definition) is 5. The van der Waals surface area contributed by atoms with Crippen LogP contribution in [0.4, 0.5) is 0 Å². The molecule has 2 heterocycles. The minimum Gasteiger partial charge on any atom is -0.360 e. The Morgan fingerprint density at radius 2 is 2.05 bits per heavy atom. The van der Waals surface area contributed by atoms with Crippen LogP contribution >= 0.6 is 0 Å². The lowest BCUT2D eigenvalue weighted by Crippen LogP contribution is -2.39. The number of aromatic nitrogens is 1. The molecule has 104 valence electrons. The van der Waals surface area contributed by atoms with Crippen LogP contribution in [-0.2, 0) is 10.0 Å². The predicted molar refractivity (Wildman–Crippen MR) is 66.9 cm³/mol. The first-order valence-electron chi connectivity index (χ1n) is 5.94. The molecule has 1 aliphatic heterocycles. The Morgan fingerprint density at radius 3 is 2.53 bits per heavy atom. The first kappa shape index (κ1) is 13.9. The lowest BCUT2D eigenvalue weighted by Gasteiger charge is -2.28. The number of nitrogens with zero attached hydrogens (tertiary/aromatic N) is 5. The molecule has 0 aromatic carbocycles. The van der Waals surface area contributed by atoms with E-state index in [1.807, 2.05) is 0 Å². The lowest BCUT2D eigenvalue weighted by molar-refractivity contribution is 0.319. The van der Waals surface area contributed by atoms with Gasteiger partial charge in [0.15, 0.2) is 5.76 Å². The molecule has 0 aliphatic carbocycles. The van der Waals surface area contributed by atoms with Crippen LogP contribution in [0.3, 0.4) is 0 Å². The molecule has 0 saturated carbocycles. The van der Waals surface area contributed by atoms with Gasteiger partial charge < -0.3 is 4.52 Å². The first-order chi connectivity index (χ1) is 8.96. The molecule has 9 heteroatoms. The van der Waals surface area contributed by atoms with Gasteiger partial charge in [0.05, 0.1) is 0 Å². The molecule has 0 N–H and O–H groups in total. The molecule has 1 fully saturated rings. The highest BCUT2D eigenvalue weighted by Crippen LogP contribution is 2.26. The molecule has 0 atom stereocenters. The summed E-state index contributed by atoms with van der Waals surface area (Å²) in [5.74, 6) is 0.301. The van der Waals surface area contributed by atoms with Gasteiger partial charge in [0, 0.05) is 24.0 Å². The molecular formula is C10H15N5O3S. The Bertz CT molecular complexity index is 590. The zero-order chi connectivity index (χ0) is 14.0. The van der Waals surface area contributed by atoms with Crippen molar-refractivity contribution in [2.45, 2.75) is 37.6 Å². The summed E-state index contributed by atoms with van der Waals surface area (Å²) < 4.78 is 31.3. The highest BCUT2D eigenvalue weighted by molar-refractivity contribution is 7.89. The molecule has 1 saturated heterocycles. The summed E-state index contributed by atoms with van der Waals surface area (Å²) in [7, 11) is -3.58. The minimum absolute atomic E-state index is 0.124. The molecule has 8 nitrogen and oxygen atoms in total. The zero-order valence-corrected chi connectivity index (χ0v) is 11.6. The van der Waals surface area contributed by atoms with E-state index in [1.165, 1.54) is 4.31 Å². The van der Waals surface area contributed by atoms with Gasteiger partial charge >= 0.3 is 0 Å². The quantitative estimate of drug-likeness (QED) is 0.478. The Morgan fingerprint density at radius 1 is 1.42 bits per heavy atom. The van der Waals surface area contributed by atoms with Crippen molar-refractivity contribution in [3.63, 3.8) is 0 Å². The Balaban J connectivity index is 2.21. The van der Waals surface area contributed by atoms with Gasteiger partial charge in [-0.3, -0.25) is 0 Å². The molecule has 0 spiro atoms. The van der Waals surface area contributed by atoms with E-state index >= 15 is 0 Å². The largest absolute Gasteiger partial charge is 0.360 e. The van der Waals surface area contributed by atoms with Crippen molar-refractivity contribution in [3.05, 3.63) is 21.9 Å². The van der Waals surface area contributed by atoms with Crippen LogP contribution < -0.4 is 0 Å². The summed E-state index contributed by atoms with van der Waals surface area (Å²) in [4.78, 5) is 2.90. The van der Waals surface area contributed by atoms with Gasteiger partial charge in [-0.1, -0.05) is 10.3 Å². The van der Waals surface area contributed by atoms with E-state index in [9.17, 15) is 8.42 Å². The summed E-state index contributed by atoms with van der Waals surface area (Å²) >= 11 is 0. The number of piperidine rings is 1. The van der Waals surface area contributed by atoms with Gasteiger partial charge in [0.25, 0.3) is 0 Å². The van der Waals surface area contributed by atoms with Gasteiger partial charge in [0.2, 0.25) is 10.0 Å². The molecule has 0 radical (unpaired) electrons. The van der Waals surface area contributed by atoms with Crippen LogP contribution in [0.5, 0.6) is 0 Å². The SMILES string of the molecule is Cc1noc(C)c1S(=O)(=O)N1CCC(N=[N+]=[N-])CC1. The molecular weight excluding hydrogens is 270 g/mol. The fraction of sp³-hybridized carbons (Fsp3) is 0.700. The van der Waals surface area contributed by atoms with E-state index in [1.54, 1.807) is 13.8 Å². The second-order valence-corrected chi connectivity index (χ2v) is 6.37. The van der Waals surface area contributed by atoms with Gasteiger partial charge in [-0.2, -0.15) is 4.31 Å². The van der Waals surface area contributed by atoms with Gasteiger partial charge in [0.1, 0.15) is 10.6 Å². The number of hydrogen-bond donors (Lipinski definition) is 0. The monoisotopic (exact) mass is 285 g/mol. The smallest absolute Gasteiger partial charge is 0.248 e. The van der Waals surface area contributed by atoms with E-state index in [2.05, 4.69) is 15.2 Å². The molecule has 1 aliphatic rings. The van der Waals surface area contributed by atoms with Crippen LogP contribution in [0.2, 0.25) is 0 Å². The molecule has 0 unspecified atom stereocenters. The normalized spacial score (nSPS) is 18.2. The number of sulfonamides is 1. The lowest BCUT2D eigenvalue weighted by atomic mass is 10.1. The minimum atomic E-state index is -3.58. The van der Waals surface area contributed by atoms with E-state index in [0.29, 0.717) is 37.4 Å². The topological polar surface area (TPSA) is 112 Å². The highest BCUT2D eigenvalue weighted by Gasteiger charge is 2.33. The third-order valence-electron chi connectivity index (χ3n) is 3.20. The van der Waals surface area contributed by atoms with Gasteiger partial charge in [-0.25, -0.2) is 8.42 Å². The van der Waals surface area contributed by atoms with Crippen molar-refractivity contribution in [2.75, 3.05) is 13.1 Å². The van der Waals surface area contributed by atoms with Crippen molar-refractivity contribution < 1.29 is 12.9 Å². The molecule has 2 rings (SSSR count). The number of aryl methyl sites for hydroxylation is 2. The fourth-order valence-corrected chi connectivity index (χ4v) is 4.00. The van der Waals surface area contributed by atoms with E-state index < -0.39 is 10.0 Å². The van der Waals surface area contributed by atoms with Gasteiger partial charge in [-0.05, 0) is 32.2 Å². The molecule has 19 heavy (non-hydrogen) atoms. The zero-order valence-electron chi connectivity index (χ0n) is 10.8. The molecule has 0 amide bonds. The summed E-state index contributed by atoms with van der Waals surface area (Å²) in [6.07, 6.45) is 1.07. The maximum Gasteiger partial charge on any atom is 0.248 e.